The summed E-state index contributed by atoms with van der Waals surface area (Å²) in [6.07, 6.45) is 0. The summed E-state index contributed by atoms with van der Waals surface area (Å²) in [5.74, 6) is 0.851. The first kappa shape index (κ1) is 14.4. The summed E-state index contributed by atoms with van der Waals surface area (Å²) in [6.45, 7) is 4.70. The summed E-state index contributed by atoms with van der Waals surface area (Å²) < 4.78 is 1.80. The largest absolute Gasteiger partial charge is 0.292 e. The number of nitrogens with zero attached hydrogens (tertiary/aromatic N) is 5. The van der Waals surface area contributed by atoms with Gasteiger partial charge in [-0.05, 0) is 34.7 Å². The number of hydrogen-bond acceptors (Lipinski definition) is 4. The van der Waals surface area contributed by atoms with Gasteiger partial charge >= 0.3 is 0 Å². The predicted molar refractivity (Wildman–Crippen MR) is 85.4 cm³/mol. The molecule has 0 bridgehead atoms. The maximum absolute atomic E-state index is 4.18. The van der Waals surface area contributed by atoms with Crippen molar-refractivity contribution in [2.24, 2.45) is 0 Å². The van der Waals surface area contributed by atoms with Gasteiger partial charge in [0.05, 0.1) is 12.2 Å². The van der Waals surface area contributed by atoms with Gasteiger partial charge in [0, 0.05) is 6.54 Å². The highest BCUT2D eigenvalue weighted by atomic mass is 15.5. The molecule has 5 heteroatoms. The Bertz CT molecular complexity index is 693. The number of para-hydroxylation sites is 1. The van der Waals surface area contributed by atoms with Crippen LogP contribution in [0.25, 0.3) is 5.69 Å². The van der Waals surface area contributed by atoms with Crippen LogP contribution in [-0.4, -0.2) is 31.7 Å². The molecule has 3 aromatic rings. The number of rotatable bonds is 6. The van der Waals surface area contributed by atoms with E-state index in [1.807, 2.05) is 36.4 Å². The van der Waals surface area contributed by atoms with Gasteiger partial charge in [0.1, 0.15) is 0 Å². The Morgan fingerprint density at radius 3 is 2.27 bits per heavy atom. The molecule has 2 aromatic carbocycles. The third-order valence-corrected chi connectivity index (χ3v) is 3.60. The maximum Gasteiger partial charge on any atom is 0.170 e. The van der Waals surface area contributed by atoms with Gasteiger partial charge in [-0.25, -0.2) is 0 Å². The average molecular weight is 293 g/mol. The van der Waals surface area contributed by atoms with E-state index in [-0.39, 0.29) is 0 Å². The quantitative estimate of drug-likeness (QED) is 0.701. The first-order valence-corrected chi connectivity index (χ1v) is 7.46. The Hall–Kier alpha value is -2.53. The Morgan fingerprint density at radius 2 is 1.59 bits per heavy atom. The van der Waals surface area contributed by atoms with Crippen molar-refractivity contribution in [3.05, 3.63) is 72.1 Å². The second-order valence-corrected chi connectivity index (χ2v) is 5.13. The molecule has 0 aliphatic heterocycles. The minimum absolute atomic E-state index is 0.716. The lowest BCUT2D eigenvalue weighted by Crippen LogP contribution is -2.24. The summed E-state index contributed by atoms with van der Waals surface area (Å²) in [5, 5.41) is 12.1. The van der Waals surface area contributed by atoms with Crippen LogP contribution in [0.2, 0.25) is 0 Å². The summed E-state index contributed by atoms with van der Waals surface area (Å²) in [7, 11) is 0. The molecule has 1 aromatic heterocycles. The van der Waals surface area contributed by atoms with Crippen molar-refractivity contribution in [1.82, 2.24) is 25.1 Å². The van der Waals surface area contributed by atoms with Crippen molar-refractivity contribution in [1.29, 1.82) is 0 Å². The van der Waals surface area contributed by atoms with E-state index in [4.69, 9.17) is 0 Å². The van der Waals surface area contributed by atoms with Crippen LogP contribution in [0.15, 0.2) is 60.7 Å². The maximum atomic E-state index is 4.18. The van der Waals surface area contributed by atoms with E-state index in [2.05, 4.69) is 51.6 Å². The number of benzene rings is 2. The van der Waals surface area contributed by atoms with Gasteiger partial charge in [0.2, 0.25) is 0 Å². The molecule has 0 aliphatic carbocycles. The molecule has 0 radical (unpaired) electrons. The van der Waals surface area contributed by atoms with Crippen molar-refractivity contribution in [3.63, 3.8) is 0 Å². The molecular formula is C17H19N5. The smallest absolute Gasteiger partial charge is 0.170 e. The number of hydrogen-bond donors (Lipinski definition) is 0. The molecule has 0 saturated heterocycles. The average Bonchev–Trinajstić information content (AvgIpc) is 3.04. The fraction of sp³-hybridized carbons (Fsp3) is 0.235. The third-order valence-electron chi connectivity index (χ3n) is 3.60. The van der Waals surface area contributed by atoms with Crippen LogP contribution in [0.4, 0.5) is 0 Å². The van der Waals surface area contributed by atoms with E-state index in [1.165, 1.54) is 5.56 Å². The fourth-order valence-electron chi connectivity index (χ4n) is 2.40. The molecule has 0 aliphatic rings. The second-order valence-electron chi connectivity index (χ2n) is 5.13. The summed E-state index contributed by atoms with van der Waals surface area (Å²) in [6, 6.07) is 20.4. The second kappa shape index (κ2) is 6.95. The Labute approximate surface area is 130 Å². The molecule has 5 nitrogen and oxygen atoms in total. The zero-order valence-corrected chi connectivity index (χ0v) is 12.6. The molecule has 0 saturated carbocycles. The molecule has 0 unspecified atom stereocenters. The van der Waals surface area contributed by atoms with Crippen molar-refractivity contribution in [2.75, 3.05) is 6.54 Å². The molecule has 0 fully saturated rings. The van der Waals surface area contributed by atoms with Gasteiger partial charge in [-0.1, -0.05) is 55.5 Å². The van der Waals surface area contributed by atoms with Gasteiger partial charge in [-0.3, -0.25) is 4.90 Å². The molecule has 3 rings (SSSR count). The van der Waals surface area contributed by atoms with Crippen molar-refractivity contribution in [2.45, 2.75) is 20.0 Å². The standard InChI is InChI=1S/C17H19N5/c1-2-21(13-15-9-5-3-6-10-15)14-17-18-19-20-22(17)16-11-7-4-8-12-16/h3-12H,2,13-14H2,1H3. The Balaban J connectivity index is 1.76. The van der Waals surface area contributed by atoms with Gasteiger partial charge in [-0.15, -0.1) is 5.10 Å². The van der Waals surface area contributed by atoms with E-state index in [9.17, 15) is 0 Å². The molecule has 1 heterocycles. The SMILES string of the molecule is CCN(Cc1ccccc1)Cc1nnnn1-c1ccccc1. The van der Waals surface area contributed by atoms with Crippen LogP contribution in [-0.2, 0) is 13.1 Å². The normalized spacial score (nSPS) is 11.0. The highest BCUT2D eigenvalue weighted by Gasteiger charge is 2.12. The molecule has 22 heavy (non-hydrogen) atoms. The molecule has 0 spiro atoms. The van der Waals surface area contributed by atoms with Crippen LogP contribution in [0.5, 0.6) is 0 Å². The highest BCUT2D eigenvalue weighted by Crippen LogP contribution is 2.11. The van der Waals surface area contributed by atoms with E-state index in [0.29, 0.717) is 6.54 Å². The molecule has 0 N–H and O–H groups in total. The predicted octanol–water partition coefficient (Wildman–Crippen LogP) is 2.68. The lowest BCUT2D eigenvalue weighted by Gasteiger charge is -2.19. The third kappa shape index (κ3) is 3.38. The minimum Gasteiger partial charge on any atom is -0.292 e. The van der Waals surface area contributed by atoms with Gasteiger partial charge in [0.15, 0.2) is 5.82 Å². The van der Waals surface area contributed by atoms with Crippen LogP contribution in [0.1, 0.15) is 18.3 Å². The van der Waals surface area contributed by atoms with Gasteiger partial charge in [-0.2, -0.15) is 4.68 Å². The topological polar surface area (TPSA) is 46.8 Å². The number of aromatic nitrogens is 4. The summed E-state index contributed by atoms with van der Waals surface area (Å²) >= 11 is 0. The van der Waals surface area contributed by atoms with Crippen LogP contribution in [0.3, 0.4) is 0 Å². The van der Waals surface area contributed by atoms with E-state index in [1.54, 1.807) is 4.68 Å². The first-order chi connectivity index (χ1) is 10.9. The Kier molecular flexibility index (Phi) is 4.56. The zero-order chi connectivity index (χ0) is 15.2. The van der Waals surface area contributed by atoms with Crippen LogP contribution < -0.4 is 0 Å². The molecule has 112 valence electrons. The zero-order valence-electron chi connectivity index (χ0n) is 12.6. The van der Waals surface area contributed by atoms with Crippen molar-refractivity contribution < 1.29 is 0 Å². The van der Waals surface area contributed by atoms with Crippen molar-refractivity contribution in [3.8, 4) is 5.69 Å². The van der Waals surface area contributed by atoms with E-state index < -0.39 is 0 Å². The summed E-state index contributed by atoms with van der Waals surface area (Å²) in [4.78, 5) is 2.32. The monoisotopic (exact) mass is 293 g/mol. The minimum atomic E-state index is 0.716. The van der Waals surface area contributed by atoms with E-state index >= 15 is 0 Å². The summed E-state index contributed by atoms with van der Waals surface area (Å²) in [5.41, 5.74) is 2.28. The van der Waals surface area contributed by atoms with Gasteiger partial charge in [0.25, 0.3) is 0 Å². The molecule has 0 amide bonds. The highest BCUT2D eigenvalue weighted by molar-refractivity contribution is 5.30. The Morgan fingerprint density at radius 1 is 0.909 bits per heavy atom. The fourth-order valence-corrected chi connectivity index (χ4v) is 2.40. The van der Waals surface area contributed by atoms with Crippen LogP contribution in [0, 0.1) is 0 Å². The van der Waals surface area contributed by atoms with Gasteiger partial charge < -0.3 is 0 Å². The lowest BCUT2D eigenvalue weighted by atomic mass is 10.2. The number of tetrazole rings is 1. The van der Waals surface area contributed by atoms with Crippen molar-refractivity contribution >= 4 is 0 Å². The van der Waals surface area contributed by atoms with E-state index in [0.717, 1.165) is 24.6 Å². The first-order valence-electron chi connectivity index (χ1n) is 7.46. The molecular weight excluding hydrogens is 274 g/mol. The molecule has 0 atom stereocenters. The van der Waals surface area contributed by atoms with Crippen LogP contribution >= 0.6 is 0 Å². The lowest BCUT2D eigenvalue weighted by molar-refractivity contribution is 0.262.